The van der Waals surface area contributed by atoms with Crippen LogP contribution in [0.5, 0.6) is 0 Å². The number of piperazine rings is 2. The number of amides is 4. The Labute approximate surface area is 361 Å². The van der Waals surface area contributed by atoms with Crippen LogP contribution in [-0.2, 0) is 19.2 Å². The van der Waals surface area contributed by atoms with Crippen molar-refractivity contribution in [2.24, 2.45) is 0 Å². The Morgan fingerprint density at radius 1 is 0.542 bits per heavy atom. The Balaban J connectivity index is 1.41. The minimum absolute atomic E-state index is 0.0653. The number of nitro groups is 2. The second-order valence-electron chi connectivity index (χ2n) is 13.7. The van der Waals surface area contributed by atoms with E-state index >= 15 is 0 Å². The normalized spacial score (nSPS) is 14.6. The highest BCUT2D eigenvalue weighted by atomic mass is 79.9. The lowest BCUT2D eigenvalue weighted by Gasteiger charge is -2.33. The van der Waals surface area contributed by atoms with E-state index in [2.05, 4.69) is 31.9 Å². The summed E-state index contributed by atoms with van der Waals surface area (Å²) in [4.78, 5) is 82.0. The highest BCUT2D eigenvalue weighted by molar-refractivity contribution is 9.10. The third-order valence-corrected chi connectivity index (χ3v) is 12.2. The van der Waals surface area contributed by atoms with Crippen LogP contribution in [0.2, 0.25) is 0 Å². The molecule has 6 rings (SSSR count). The summed E-state index contributed by atoms with van der Waals surface area (Å²) < 4.78 is 1.49. The van der Waals surface area contributed by atoms with E-state index in [4.69, 9.17) is 0 Å². The molecule has 2 aliphatic rings. The molecule has 0 saturated carbocycles. The van der Waals surface area contributed by atoms with E-state index in [0.717, 1.165) is 20.7 Å². The fourth-order valence-electron chi connectivity index (χ4n) is 6.96. The first-order chi connectivity index (χ1) is 28.2. The molecule has 4 aromatic carbocycles. The molecule has 304 valence electrons. The van der Waals surface area contributed by atoms with Gasteiger partial charge in [0.15, 0.2) is 0 Å². The second kappa shape index (κ2) is 18.9. The molecule has 0 aliphatic carbocycles. The number of hydrogen-bond acceptors (Lipinski definition) is 9. The Morgan fingerprint density at radius 2 is 0.864 bits per heavy atom. The van der Waals surface area contributed by atoms with Gasteiger partial charge in [-0.25, -0.2) is 0 Å². The van der Waals surface area contributed by atoms with Crippen LogP contribution in [0.4, 0.5) is 11.4 Å². The summed E-state index contributed by atoms with van der Waals surface area (Å²) in [6, 6.07) is 20.1. The average Bonchev–Trinajstić information content (AvgIpc) is 3.22. The lowest BCUT2D eigenvalue weighted by molar-refractivity contribution is -0.387. The van der Waals surface area contributed by atoms with Crippen molar-refractivity contribution in [2.45, 2.75) is 23.6 Å². The number of rotatable bonds is 10. The minimum Gasteiger partial charge on any atom is -0.339 e. The van der Waals surface area contributed by atoms with Crippen molar-refractivity contribution in [3.8, 4) is 22.3 Å². The lowest BCUT2D eigenvalue weighted by atomic mass is 9.97. The Bertz CT molecular complexity index is 2210. The van der Waals surface area contributed by atoms with Crippen LogP contribution >= 0.6 is 43.6 Å². The minimum atomic E-state index is -0.528. The maximum absolute atomic E-state index is 13.2. The molecule has 17 heteroatoms. The van der Waals surface area contributed by atoms with Gasteiger partial charge in [0.25, 0.3) is 11.4 Å². The van der Waals surface area contributed by atoms with Crippen LogP contribution < -0.4 is 0 Å². The van der Waals surface area contributed by atoms with Crippen LogP contribution in [0, 0.1) is 20.2 Å². The molecule has 0 bridgehead atoms. The smallest absolute Gasteiger partial charge is 0.291 e. The summed E-state index contributed by atoms with van der Waals surface area (Å²) in [5.74, 6) is -0.744. The van der Waals surface area contributed by atoms with Crippen molar-refractivity contribution >= 4 is 90.8 Å². The standard InChI is InChI=1S/C42H38Br2N6O8S/c1-27(51)45-19-23-47(24-20-45)37(53)17-9-31-7-15-35(41(49(55)56)39(31)29-3-11-33(43)12-4-29)59-36-16-8-32(10-18-38(54)48-25-21-46(22-26-48)28(2)52)40(42(36)50(57)58)30-5-13-34(44)14-6-30/h3-18H,19-26H2,1-2H3. The molecule has 0 spiro atoms. The molecule has 0 atom stereocenters. The molecule has 0 radical (unpaired) electrons. The Hall–Kier alpha value is -5.65. The Kier molecular flexibility index (Phi) is 13.8. The van der Waals surface area contributed by atoms with Crippen molar-refractivity contribution in [1.82, 2.24) is 19.6 Å². The van der Waals surface area contributed by atoms with Gasteiger partial charge in [-0.3, -0.25) is 39.4 Å². The highest BCUT2D eigenvalue weighted by Crippen LogP contribution is 2.48. The van der Waals surface area contributed by atoms with E-state index < -0.39 is 9.85 Å². The summed E-state index contributed by atoms with van der Waals surface area (Å²) >= 11 is 7.72. The number of nitro benzene ring substituents is 2. The van der Waals surface area contributed by atoms with Gasteiger partial charge < -0.3 is 19.6 Å². The average molecular weight is 947 g/mol. The first kappa shape index (κ1) is 42.9. The first-order valence-electron chi connectivity index (χ1n) is 18.5. The van der Waals surface area contributed by atoms with Crippen LogP contribution in [0.1, 0.15) is 25.0 Å². The van der Waals surface area contributed by atoms with Crippen molar-refractivity contribution in [3.63, 3.8) is 0 Å². The topological polar surface area (TPSA) is 168 Å². The monoisotopic (exact) mass is 944 g/mol. The van der Waals surface area contributed by atoms with Gasteiger partial charge in [-0.2, -0.15) is 0 Å². The highest BCUT2D eigenvalue weighted by Gasteiger charge is 2.30. The molecule has 0 unspecified atom stereocenters. The fourth-order valence-corrected chi connectivity index (χ4v) is 8.54. The number of carbonyl (C=O) groups excluding carboxylic acids is 4. The molecule has 4 amide bonds. The maximum atomic E-state index is 13.2. The molecular formula is C42H38Br2N6O8S. The van der Waals surface area contributed by atoms with Gasteiger partial charge in [-0.05, 0) is 70.8 Å². The van der Waals surface area contributed by atoms with E-state index in [1.165, 1.54) is 50.3 Å². The molecule has 14 nitrogen and oxygen atoms in total. The van der Waals surface area contributed by atoms with Gasteiger partial charge in [0.1, 0.15) is 0 Å². The van der Waals surface area contributed by atoms with Crippen molar-refractivity contribution in [2.75, 3.05) is 52.4 Å². The van der Waals surface area contributed by atoms with E-state index in [0.29, 0.717) is 74.6 Å². The van der Waals surface area contributed by atoms with Crippen molar-refractivity contribution in [1.29, 1.82) is 0 Å². The third-order valence-electron chi connectivity index (χ3n) is 10.1. The van der Waals surface area contributed by atoms with E-state index in [1.54, 1.807) is 80.3 Å². The van der Waals surface area contributed by atoms with Gasteiger partial charge in [-0.15, -0.1) is 0 Å². The zero-order valence-corrected chi connectivity index (χ0v) is 36.0. The zero-order chi connectivity index (χ0) is 42.4. The van der Waals surface area contributed by atoms with Crippen LogP contribution in [-0.4, -0.2) is 105 Å². The number of carbonyl (C=O) groups is 4. The number of halogens is 2. The predicted molar refractivity (Wildman–Crippen MR) is 232 cm³/mol. The van der Waals surface area contributed by atoms with Crippen molar-refractivity contribution < 1.29 is 29.0 Å². The maximum Gasteiger partial charge on any atom is 0.291 e. The molecule has 2 saturated heterocycles. The molecule has 59 heavy (non-hydrogen) atoms. The molecule has 2 heterocycles. The predicted octanol–water partition coefficient (Wildman–Crippen LogP) is 7.92. The summed E-state index contributed by atoms with van der Waals surface area (Å²) in [6.07, 6.45) is 5.77. The van der Waals surface area contributed by atoms with Crippen LogP contribution in [0.15, 0.2) is 104 Å². The van der Waals surface area contributed by atoms with E-state index in [9.17, 15) is 39.4 Å². The molecule has 0 N–H and O–H groups in total. The summed E-state index contributed by atoms with van der Waals surface area (Å²) in [5.41, 5.74) is 1.58. The van der Waals surface area contributed by atoms with Crippen molar-refractivity contribution in [3.05, 3.63) is 125 Å². The number of nitrogens with zero attached hydrogens (tertiary/aromatic N) is 6. The molecule has 4 aromatic rings. The SMILES string of the molecule is CC(=O)N1CCN(C(=O)C=Cc2ccc(Sc3ccc(C=CC(=O)N4CCN(C(C)=O)CC4)c(-c4ccc(Br)cc4)c3[N+](=O)[O-])c([N+](=O)[O-])c2-c2ccc(Br)cc2)CC1. The summed E-state index contributed by atoms with van der Waals surface area (Å²) in [7, 11) is 0. The van der Waals surface area contributed by atoms with Crippen LogP contribution in [0.3, 0.4) is 0 Å². The van der Waals surface area contributed by atoms with Gasteiger partial charge in [0.05, 0.1) is 30.8 Å². The first-order valence-corrected chi connectivity index (χ1v) is 20.9. The van der Waals surface area contributed by atoms with E-state index in [1.807, 2.05) is 0 Å². The largest absolute Gasteiger partial charge is 0.339 e. The van der Waals surface area contributed by atoms with Gasteiger partial charge in [-0.1, -0.05) is 80.0 Å². The molecule has 0 aromatic heterocycles. The summed E-state index contributed by atoms with van der Waals surface area (Å²) in [6.45, 7) is 5.99. The lowest BCUT2D eigenvalue weighted by Crippen LogP contribution is -2.49. The van der Waals surface area contributed by atoms with Gasteiger partial charge >= 0.3 is 0 Å². The quantitative estimate of drug-likeness (QED) is 0.0872. The zero-order valence-electron chi connectivity index (χ0n) is 32.0. The number of benzene rings is 4. The second-order valence-corrected chi connectivity index (χ2v) is 16.6. The number of hydrogen-bond donors (Lipinski definition) is 0. The fraction of sp³-hybridized carbons (Fsp3) is 0.238. The molecule has 2 fully saturated rings. The summed E-state index contributed by atoms with van der Waals surface area (Å²) in [5, 5.41) is 26.1. The Morgan fingerprint density at radius 3 is 1.17 bits per heavy atom. The molecule has 2 aliphatic heterocycles. The van der Waals surface area contributed by atoms with Gasteiger partial charge in [0.2, 0.25) is 23.6 Å². The van der Waals surface area contributed by atoms with E-state index in [-0.39, 0.29) is 55.9 Å². The third kappa shape index (κ3) is 10.1. The molecular weight excluding hydrogens is 908 g/mol. The van der Waals surface area contributed by atoms with Gasteiger partial charge in [0, 0.05) is 87.3 Å². The van der Waals surface area contributed by atoms with Crippen LogP contribution in [0.25, 0.3) is 34.4 Å².